The molecule has 3 unspecified atom stereocenters. The van der Waals surface area contributed by atoms with Gasteiger partial charge in [0.25, 0.3) is 0 Å². The number of aliphatic hydroxyl groups excluding tert-OH is 1. The summed E-state index contributed by atoms with van der Waals surface area (Å²) in [6, 6.07) is -0.864. The number of quaternary nitrogens is 1. The lowest BCUT2D eigenvalue weighted by Crippen LogP contribution is -2.45. The number of allylic oxidation sites excluding steroid dienone is 11. The highest BCUT2D eigenvalue weighted by molar-refractivity contribution is 7.47. The molecule has 0 aliphatic rings. The van der Waals surface area contributed by atoms with Crippen LogP contribution in [0.15, 0.2) is 72.9 Å². The maximum atomic E-state index is 12.9. The first kappa shape index (κ1) is 63.9. The van der Waals surface area contributed by atoms with Gasteiger partial charge in [-0.1, -0.05) is 228 Å². The smallest absolute Gasteiger partial charge is 0.387 e. The molecule has 1 amide bonds. The zero-order chi connectivity index (χ0) is 48.5. The predicted molar refractivity (Wildman–Crippen MR) is 286 cm³/mol. The van der Waals surface area contributed by atoms with Crippen molar-refractivity contribution in [2.75, 3.05) is 40.9 Å². The lowest BCUT2D eigenvalue weighted by atomic mass is 10.0. The second-order valence-corrected chi connectivity index (χ2v) is 21.0. The zero-order valence-electron chi connectivity index (χ0n) is 43.7. The Bertz CT molecular complexity index is 1300. The van der Waals surface area contributed by atoms with Crippen molar-refractivity contribution in [2.45, 2.75) is 244 Å². The van der Waals surface area contributed by atoms with Crippen LogP contribution in [0.3, 0.4) is 0 Å². The molecule has 0 fully saturated rings. The summed E-state index contributed by atoms with van der Waals surface area (Å²) in [5.74, 6) is -0.188. The summed E-state index contributed by atoms with van der Waals surface area (Å²) in [6.45, 7) is 4.67. The molecule has 8 nitrogen and oxygen atoms in total. The van der Waals surface area contributed by atoms with Crippen LogP contribution in [-0.4, -0.2) is 73.4 Å². The Hall–Kier alpha value is -2.06. The van der Waals surface area contributed by atoms with Crippen molar-refractivity contribution in [3.05, 3.63) is 72.9 Å². The Morgan fingerprint density at radius 2 is 0.924 bits per heavy atom. The molecule has 0 aliphatic heterocycles. The highest BCUT2D eigenvalue weighted by Crippen LogP contribution is 2.43. The van der Waals surface area contributed by atoms with Gasteiger partial charge < -0.3 is 19.8 Å². The van der Waals surface area contributed by atoms with Gasteiger partial charge in [-0.3, -0.25) is 13.8 Å². The average Bonchev–Trinajstić information content (AvgIpc) is 3.28. The number of likely N-dealkylation sites (N-methyl/N-ethyl adjacent to an activating group) is 1. The first-order valence-corrected chi connectivity index (χ1v) is 28.8. The molecule has 0 aliphatic carbocycles. The Labute approximate surface area is 408 Å². The van der Waals surface area contributed by atoms with Gasteiger partial charge in [-0.2, -0.15) is 0 Å². The van der Waals surface area contributed by atoms with E-state index in [0.29, 0.717) is 17.4 Å². The van der Waals surface area contributed by atoms with Crippen LogP contribution in [-0.2, 0) is 18.4 Å². The molecular formula is C57H106N2O6P+. The molecule has 0 saturated carbocycles. The van der Waals surface area contributed by atoms with Crippen molar-refractivity contribution in [2.24, 2.45) is 0 Å². The number of rotatable bonds is 49. The van der Waals surface area contributed by atoms with Gasteiger partial charge >= 0.3 is 7.82 Å². The van der Waals surface area contributed by atoms with E-state index < -0.39 is 20.0 Å². The van der Waals surface area contributed by atoms with Crippen LogP contribution >= 0.6 is 7.82 Å². The largest absolute Gasteiger partial charge is 0.472 e. The van der Waals surface area contributed by atoms with Crippen molar-refractivity contribution in [1.29, 1.82) is 0 Å². The summed E-state index contributed by atoms with van der Waals surface area (Å²) in [7, 11) is 1.55. The van der Waals surface area contributed by atoms with Gasteiger partial charge in [-0.05, 0) is 70.6 Å². The molecule has 9 heteroatoms. The van der Waals surface area contributed by atoms with Gasteiger partial charge in [0.15, 0.2) is 0 Å². The van der Waals surface area contributed by atoms with Crippen molar-refractivity contribution >= 4 is 13.7 Å². The van der Waals surface area contributed by atoms with Crippen molar-refractivity contribution in [3.63, 3.8) is 0 Å². The fourth-order valence-electron chi connectivity index (χ4n) is 7.64. The van der Waals surface area contributed by atoms with Crippen LogP contribution < -0.4 is 5.32 Å². The normalized spacial score (nSPS) is 14.6. The number of aliphatic hydroxyl groups is 1. The molecule has 3 N–H and O–H groups in total. The molecule has 0 bridgehead atoms. The summed E-state index contributed by atoms with van der Waals surface area (Å²) in [5.41, 5.74) is 0. The first-order chi connectivity index (χ1) is 32.0. The molecule has 0 rings (SSSR count). The third-order valence-electron chi connectivity index (χ3n) is 11.9. The van der Waals surface area contributed by atoms with E-state index >= 15 is 0 Å². The minimum atomic E-state index is -4.35. The number of phosphoric acid groups is 1. The highest BCUT2D eigenvalue weighted by Gasteiger charge is 2.27. The standard InChI is InChI=1S/C57H105N2O6P/c1-6-8-10-12-14-16-18-20-21-22-23-24-25-26-27-28-29-30-31-32-33-34-35-36-37-39-41-43-45-47-49-51-57(61)58-55(54-65-66(62,63)64-53-52-59(3,4)5)56(60)50-48-46-44-42-40-38-19-17-15-13-11-9-7-2/h8,10,14,16,20-21,23-24,40,42,48,50,55-56,60H,6-7,9,11-13,15,17-19,22,25-39,41,43-47,49,51-54H2,1-5H3,(H-,58,61,62,63)/p+1/b10-8-,16-14-,21-20-,24-23-,42-40+,50-48+. The molecule has 0 saturated heterocycles. The second-order valence-electron chi connectivity index (χ2n) is 19.6. The van der Waals surface area contributed by atoms with Gasteiger partial charge in [0.2, 0.25) is 5.91 Å². The number of hydrogen-bond acceptors (Lipinski definition) is 5. The number of carbonyl (C=O) groups is 1. The molecule has 0 aromatic carbocycles. The molecule has 0 radical (unpaired) electrons. The van der Waals surface area contributed by atoms with E-state index in [-0.39, 0.29) is 19.1 Å². The molecule has 0 heterocycles. The van der Waals surface area contributed by atoms with Crippen molar-refractivity contribution in [1.82, 2.24) is 5.32 Å². The van der Waals surface area contributed by atoms with Crippen LogP contribution in [0.1, 0.15) is 232 Å². The maximum Gasteiger partial charge on any atom is 0.472 e. The van der Waals surface area contributed by atoms with Gasteiger partial charge in [0, 0.05) is 6.42 Å². The molecule has 0 spiro atoms. The number of nitrogens with zero attached hydrogens (tertiary/aromatic N) is 1. The minimum Gasteiger partial charge on any atom is -0.387 e. The topological polar surface area (TPSA) is 105 Å². The van der Waals surface area contributed by atoms with Gasteiger partial charge in [0.05, 0.1) is 39.9 Å². The van der Waals surface area contributed by atoms with Crippen LogP contribution in [0.4, 0.5) is 0 Å². The Balaban J connectivity index is 4.09. The van der Waals surface area contributed by atoms with E-state index in [4.69, 9.17) is 9.05 Å². The van der Waals surface area contributed by atoms with E-state index in [0.717, 1.165) is 64.2 Å². The number of hydrogen-bond donors (Lipinski definition) is 3. The lowest BCUT2D eigenvalue weighted by molar-refractivity contribution is -0.870. The Kier molecular flexibility index (Phi) is 46.5. The van der Waals surface area contributed by atoms with Gasteiger partial charge in [0.1, 0.15) is 13.2 Å². The molecule has 3 atom stereocenters. The summed E-state index contributed by atoms with van der Waals surface area (Å²) >= 11 is 0. The molecule has 66 heavy (non-hydrogen) atoms. The van der Waals surface area contributed by atoms with E-state index in [2.05, 4.69) is 79.9 Å². The monoisotopic (exact) mass is 946 g/mol. The molecule has 0 aromatic heterocycles. The first-order valence-electron chi connectivity index (χ1n) is 27.3. The quantitative estimate of drug-likeness (QED) is 0.0243. The van der Waals surface area contributed by atoms with E-state index in [1.54, 1.807) is 6.08 Å². The number of unbranched alkanes of at least 4 members (excludes halogenated alkanes) is 26. The van der Waals surface area contributed by atoms with Gasteiger partial charge in [-0.15, -0.1) is 0 Å². The van der Waals surface area contributed by atoms with Crippen LogP contribution in [0.2, 0.25) is 0 Å². The maximum absolute atomic E-state index is 12.9. The molecular weight excluding hydrogens is 840 g/mol. The van der Waals surface area contributed by atoms with E-state index in [9.17, 15) is 19.4 Å². The predicted octanol–water partition coefficient (Wildman–Crippen LogP) is 16.3. The van der Waals surface area contributed by atoms with Crippen LogP contribution in [0.5, 0.6) is 0 Å². The van der Waals surface area contributed by atoms with E-state index in [1.807, 2.05) is 27.2 Å². The van der Waals surface area contributed by atoms with Gasteiger partial charge in [-0.25, -0.2) is 4.57 Å². The lowest BCUT2D eigenvalue weighted by Gasteiger charge is -2.25. The Morgan fingerprint density at radius 1 is 0.530 bits per heavy atom. The summed E-state index contributed by atoms with van der Waals surface area (Å²) in [5, 5.41) is 13.8. The van der Waals surface area contributed by atoms with Crippen LogP contribution in [0, 0.1) is 0 Å². The van der Waals surface area contributed by atoms with Crippen molar-refractivity contribution in [3.8, 4) is 0 Å². The molecule has 0 aromatic rings. The third kappa shape index (κ3) is 49.8. The second kappa shape index (κ2) is 48.0. The SMILES string of the molecule is CC/C=C\C/C=C\C/C=C\C/C=C\CCCCCCCCCCCCCCCCCCCCC(=O)NC(COP(=O)(O)OCC[N+](C)(C)C)C(O)/C=C/CC/C=C/CCCCCCCCC. The fraction of sp³-hybridized carbons (Fsp3) is 0.772. The summed E-state index contributed by atoms with van der Waals surface area (Å²) in [6.07, 6.45) is 65.8. The minimum absolute atomic E-state index is 0.0549. The Morgan fingerprint density at radius 3 is 1.39 bits per heavy atom. The molecule has 384 valence electrons. The summed E-state index contributed by atoms with van der Waals surface area (Å²) in [4.78, 5) is 23.2. The highest BCUT2D eigenvalue weighted by atomic mass is 31.2. The number of carbonyl (C=O) groups excluding carboxylic acids is 1. The van der Waals surface area contributed by atoms with Crippen LogP contribution in [0.25, 0.3) is 0 Å². The third-order valence-corrected chi connectivity index (χ3v) is 12.9. The average molecular weight is 946 g/mol. The number of nitrogens with one attached hydrogen (secondary N) is 1. The fourth-order valence-corrected chi connectivity index (χ4v) is 8.37. The zero-order valence-corrected chi connectivity index (χ0v) is 44.6. The van der Waals surface area contributed by atoms with Crippen molar-refractivity contribution < 1.29 is 32.9 Å². The van der Waals surface area contributed by atoms with E-state index in [1.165, 1.54) is 148 Å². The number of phosphoric ester groups is 1. The number of amides is 1. The summed E-state index contributed by atoms with van der Waals surface area (Å²) < 4.78 is 23.6.